The van der Waals surface area contributed by atoms with Gasteiger partial charge < -0.3 is 10.8 Å². The van der Waals surface area contributed by atoms with E-state index in [1.165, 1.54) is 19.1 Å². The summed E-state index contributed by atoms with van der Waals surface area (Å²) < 4.78 is 0. The highest BCUT2D eigenvalue weighted by atomic mass is 16.4. The lowest BCUT2D eigenvalue weighted by Gasteiger charge is -1.99. The van der Waals surface area contributed by atoms with Crippen molar-refractivity contribution in [2.24, 2.45) is 0 Å². The molecule has 0 aliphatic rings. The molecule has 0 aliphatic carbocycles. The van der Waals surface area contributed by atoms with Crippen LogP contribution in [0.5, 0.6) is 0 Å². The molecule has 0 aromatic carbocycles. The van der Waals surface area contributed by atoms with Crippen molar-refractivity contribution in [3.05, 3.63) is 23.4 Å². The summed E-state index contributed by atoms with van der Waals surface area (Å²) in [4.78, 5) is 25.1. The topological polar surface area (TPSA) is 93.3 Å². The summed E-state index contributed by atoms with van der Waals surface area (Å²) in [6.07, 6.45) is 0. The molecule has 1 heterocycles. The fourth-order valence-corrected chi connectivity index (χ4v) is 0.856. The van der Waals surface area contributed by atoms with Gasteiger partial charge in [-0.05, 0) is 12.1 Å². The third-order valence-electron chi connectivity index (χ3n) is 1.45. The molecule has 5 nitrogen and oxygen atoms in total. The number of ketones is 1. The van der Waals surface area contributed by atoms with Crippen LogP contribution in [-0.2, 0) is 0 Å². The molecule has 0 aliphatic heterocycles. The van der Waals surface area contributed by atoms with Gasteiger partial charge in [-0.2, -0.15) is 0 Å². The van der Waals surface area contributed by atoms with E-state index in [1.807, 2.05) is 0 Å². The van der Waals surface area contributed by atoms with Gasteiger partial charge in [-0.15, -0.1) is 0 Å². The first kappa shape index (κ1) is 9.18. The summed E-state index contributed by atoms with van der Waals surface area (Å²) in [5, 5.41) is 8.62. The summed E-state index contributed by atoms with van der Waals surface area (Å²) in [5.74, 6) is -1.41. The molecule has 1 aromatic heterocycles. The number of carbonyl (C=O) groups excluding carboxylic acids is 1. The van der Waals surface area contributed by atoms with Gasteiger partial charge in [0.2, 0.25) is 0 Å². The van der Waals surface area contributed by atoms with E-state index >= 15 is 0 Å². The number of aromatic carboxylic acids is 1. The number of hydrogen-bond acceptors (Lipinski definition) is 4. The molecule has 0 amide bonds. The van der Waals surface area contributed by atoms with Crippen LogP contribution in [-0.4, -0.2) is 21.8 Å². The second kappa shape index (κ2) is 3.22. The molecule has 0 fully saturated rings. The number of rotatable bonds is 2. The Morgan fingerprint density at radius 1 is 1.46 bits per heavy atom. The molecule has 0 bridgehead atoms. The summed E-state index contributed by atoms with van der Waals surface area (Å²) in [5.41, 5.74) is 5.35. The van der Waals surface area contributed by atoms with Crippen molar-refractivity contribution in [3.8, 4) is 0 Å². The number of carbonyl (C=O) groups is 2. The maximum Gasteiger partial charge on any atom is 0.335 e. The maximum atomic E-state index is 10.9. The zero-order chi connectivity index (χ0) is 10.0. The number of aromatic nitrogens is 1. The lowest BCUT2D eigenvalue weighted by molar-refractivity contribution is 0.0697. The SMILES string of the molecule is CC(=O)c1cc(C(=O)O)cc(N)n1. The van der Waals surface area contributed by atoms with Gasteiger partial charge in [0.25, 0.3) is 0 Å². The van der Waals surface area contributed by atoms with Crippen molar-refractivity contribution in [1.29, 1.82) is 0 Å². The Labute approximate surface area is 74.2 Å². The molecule has 0 spiro atoms. The number of carboxylic acids is 1. The monoisotopic (exact) mass is 180 g/mol. The van der Waals surface area contributed by atoms with Gasteiger partial charge in [-0.3, -0.25) is 4.79 Å². The van der Waals surface area contributed by atoms with Gasteiger partial charge >= 0.3 is 5.97 Å². The van der Waals surface area contributed by atoms with Crippen molar-refractivity contribution < 1.29 is 14.7 Å². The minimum Gasteiger partial charge on any atom is -0.478 e. The number of nitrogens with zero attached hydrogens (tertiary/aromatic N) is 1. The molecule has 1 aromatic rings. The summed E-state index contributed by atoms with van der Waals surface area (Å²) in [7, 11) is 0. The molecule has 0 atom stereocenters. The Balaban J connectivity index is 3.26. The number of hydrogen-bond donors (Lipinski definition) is 2. The second-order valence-electron chi connectivity index (χ2n) is 2.53. The fraction of sp³-hybridized carbons (Fsp3) is 0.125. The Kier molecular flexibility index (Phi) is 2.27. The fourth-order valence-electron chi connectivity index (χ4n) is 0.856. The highest BCUT2D eigenvalue weighted by molar-refractivity contribution is 5.96. The van der Waals surface area contributed by atoms with Crippen molar-refractivity contribution >= 4 is 17.6 Å². The quantitative estimate of drug-likeness (QED) is 0.648. The Morgan fingerprint density at radius 2 is 2.08 bits per heavy atom. The van der Waals surface area contributed by atoms with Crippen LogP contribution in [0.15, 0.2) is 12.1 Å². The van der Waals surface area contributed by atoms with Gasteiger partial charge in [0, 0.05) is 6.92 Å². The predicted molar refractivity (Wildman–Crippen MR) is 45.6 cm³/mol. The van der Waals surface area contributed by atoms with E-state index in [2.05, 4.69) is 4.98 Å². The average molecular weight is 180 g/mol. The number of anilines is 1. The standard InChI is InChI=1S/C8H8N2O3/c1-4(11)6-2-5(8(12)13)3-7(9)10-6/h2-3H,1H3,(H2,9,10)(H,12,13). The predicted octanol–water partition coefficient (Wildman–Crippen LogP) is 0.565. The van der Waals surface area contributed by atoms with Crippen molar-refractivity contribution in [2.45, 2.75) is 6.92 Å². The van der Waals surface area contributed by atoms with Crippen LogP contribution in [0.25, 0.3) is 0 Å². The van der Waals surface area contributed by atoms with Gasteiger partial charge in [0.15, 0.2) is 5.78 Å². The third kappa shape index (κ3) is 2.02. The maximum absolute atomic E-state index is 10.9. The summed E-state index contributed by atoms with van der Waals surface area (Å²) >= 11 is 0. The van der Waals surface area contributed by atoms with Crippen LogP contribution in [0.2, 0.25) is 0 Å². The first-order valence-corrected chi connectivity index (χ1v) is 3.52. The number of nitrogens with two attached hydrogens (primary N) is 1. The van der Waals surface area contributed by atoms with E-state index in [4.69, 9.17) is 10.8 Å². The number of nitrogen functional groups attached to an aromatic ring is 1. The molecule has 0 radical (unpaired) electrons. The van der Waals surface area contributed by atoms with Crippen LogP contribution >= 0.6 is 0 Å². The molecule has 0 unspecified atom stereocenters. The zero-order valence-corrected chi connectivity index (χ0v) is 6.94. The Morgan fingerprint density at radius 3 is 2.54 bits per heavy atom. The Bertz CT molecular complexity index is 341. The highest BCUT2D eigenvalue weighted by Crippen LogP contribution is 2.08. The smallest absolute Gasteiger partial charge is 0.335 e. The lowest BCUT2D eigenvalue weighted by atomic mass is 10.2. The van der Waals surface area contributed by atoms with Crippen molar-refractivity contribution in [3.63, 3.8) is 0 Å². The van der Waals surface area contributed by atoms with Gasteiger partial charge in [0.05, 0.1) is 5.56 Å². The van der Waals surface area contributed by atoms with Crippen LogP contribution in [0, 0.1) is 0 Å². The lowest BCUT2D eigenvalue weighted by Crippen LogP contribution is -2.05. The summed E-state index contributed by atoms with van der Waals surface area (Å²) in [6, 6.07) is 2.40. The molecular weight excluding hydrogens is 172 g/mol. The molecule has 1 rings (SSSR count). The number of Topliss-reactive ketones (excluding diaryl/α,β-unsaturated/α-hetero) is 1. The average Bonchev–Trinajstić information content (AvgIpc) is 2.03. The van der Waals surface area contributed by atoms with E-state index in [0.29, 0.717) is 0 Å². The van der Waals surface area contributed by atoms with E-state index in [9.17, 15) is 9.59 Å². The van der Waals surface area contributed by atoms with E-state index in [-0.39, 0.29) is 22.9 Å². The van der Waals surface area contributed by atoms with Crippen LogP contribution < -0.4 is 5.73 Å². The van der Waals surface area contributed by atoms with Crippen LogP contribution in [0.1, 0.15) is 27.8 Å². The summed E-state index contributed by atoms with van der Waals surface area (Å²) in [6.45, 7) is 1.30. The van der Waals surface area contributed by atoms with Gasteiger partial charge in [-0.25, -0.2) is 9.78 Å². The first-order valence-electron chi connectivity index (χ1n) is 3.52. The highest BCUT2D eigenvalue weighted by Gasteiger charge is 2.09. The number of pyridine rings is 1. The largest absolute Gasteiger partial charge is 0.478 e. The zero-order valence-electron chi connectivity index (χ0n) is 6.94. The Hall–Kier alpha value is -1.91. The van der Waals surface area contributed by atoms with Gasteiger partial charge in [0.1, 0.15) is 11.5 Å². The molecule has 5 heteroatoms. The third-order valence-corrected chi connectivity index (χ3v) is 1.45. The minimum absolute atomic E-state index is 0.0299. The molecule has 0 saturated heterocycles. The molecule has 13 heavy (non-hydrogen) atoms. The van der Waals surface area contributed by atoms with Crippen molar-refractivity contribution in [2.75, 3.05) is 5.73 Å². The van der Waals surface area contributed by atoms with Crippen LogP contribution in [0.4, 0.5) is 5.82 Å². The molecule has 0 saturated carbocycles. The number of carboxylic acid groups (broad SMARTS) is 1. The van der Waals surface area contributed by atoms with E-state index in [1.54, 1.807) is 0 Å². The molecule has 68 valence electrons. The second-order valence-corrected chi connectivity index (χ2v) is 2.53. The van der Waals surface area contributed by atoms with Crippen LogP contribution in [0.3, 0.4) is 0 Å². The van der Waals surface area contributed by atoms with E-state index in [0.717, 1.165) is 0 Å². The normalized spacial score (nSPS) is 9.62. The first-order chi connectivity index (χ1) is 6.00. The molecular formula is C8H8N2O3. The van der Waals surface area contributed by atoms with Gasteiger partial charge in [-0.1, -0.05) is 0 Å². The van der Waals surface area contributed by atoms with E-state index < -0.39 is 5.97 Å². The molecule has 3 N–H and O–H groups in total. The van der Waals surface area contributed by atoms with Crippen molar-refractivity contribution in [1.82, 2.24) is 4.98 Å². The minimum atomic E-state index is -1.13.